The Morgan fingerprint density at radius 2 is 1.89 bits per heavy atom. The third-order valence-corrected chi connectivity index (χ3v) is 6.44. The number of halogens is 1. The number of fused-ring (bicyclic) bond motifs is 2. The molecule has 0 unspecified atom stereocenters. The number of ketones is 1. The minimum absolute atomic E-state index is 0.0202. The first-order chi connectivity index (χ1) is 16.9. The number of benzene rings is 3. The monoisotopic (exact) mass is 492 g/mol. The normalized spacial score (nSPS) is 13.3. The fourth-order valence-corrected chi connectivity index (χ4v) is 4.40. The number of nitrogens with two attached hydrogens (primary N) is 1. The first kappa shape index (κ1) is 23.2. The number of ether oxygens (including phenoxy) is 1. The van der Waals surface area contributed by atoms with Crippen molar-refractivity contribution < 1.29 is 24.3 Å². The number of aliphatic hydroxyl groups is 1. The van der Waals surface area contributed by atoms with E-state index >= 15 is 0 Å². The Kier molecular flexibility index (Phi) is 6.36. The second kappa shape index (κ2) is 9.60. The standard InChI is InChI=1S/C27H25ClN2O5/c28-20-6-4-18-13-26(22(27(29)33)11-19(18)10-20)34-15-25(32)23-14-30(35-9-1-8-31)24-12-17(16-2-3-16)5-7-21(23)24/h4-7,10-14,16,31H,1-3,8-9,15H2,(H2,29,33). The smallest absolute Gasteiger partial charge is 0.252 e. The predicted octanol–water partition coefficient (Wildman–Crippen LogP) is 4.50. The van der Waals surface area contributed by atoms with Crippen molar-refractivity contribution in [2.75, 3.05) is 19.8 Å². The summed E-state index contributed by atoms with van der Waals surface area (Å²) in [4.78, 5) is 31.1. The van der Waals surface area contributed by atoms with Crippen LogP contribution < -0.4 is 15.3 Å². The highest BCUT2D eigenvalue weighted by Gasteiger charge is 2.25. The first-order valence-corrected chi connectivity index (χ1v) is 11.9. The van der Waals surface area contributed by atoms with E-state index in [0.717, 1.165) is 34.5 Å². The quantitative estimate of drug-likeness (QED) is 0.250. The van der Waals surface area contributed by atoms with Crippen molar-refractivity contribution in [3.05, 3.63) is 76.4 Å². The van der Waals surface area contributed by atoms with Gasteiger partial charge in [0, 0.05) is 23.4 Å². The van der Waals surface area contributed by atoms with E-state index in [1.54, 1.807) is 35.2 Å². The van der Waals surface area contributed by atoms with E-state index in [1.807, 2.05) is 12.1 Å². The van der Waals surface area contributed by atoms with E-state index in [4.69, 9.17) is 32.0 Å². The molecule has 0 atom stereocenters. The summed E-state index contributed by atoms with van der Waals surface area (Å²) in [6.45, 7) is 0.0625. The van der Waals surface area contributed by atoms with Crippen molar-refractivity contribution in [2.24, 2.45) is 5.73 Å². The van der Waals surface area contributed by atoms with Crippen LogP contribution in [0.3, 0.4) is 0 Å². The maximum Gasteiger partial charge on any atom is 0.252 e. The van der Waals surface area contributed by atoms with Gasteiger partial charge in [-0.1, -0.05) is 29.8 Å². The number of Topliss-reactive ketones (excluding diaryl/α,β-unsaturated/α-hetero) is 1. The molecular weight excluding hydrogens is 468 g/mol. The molecule has 4 aromatic rings. The molecule has 8 heteroatoms. The van der Waals surface area contributed by atoms with Gasteiger partial charge in [-0.05, 0) is 65.4 Å². The van der Waals surface area contributed by atoms with E-state index in [2.05, 4.69) is 12.1 Å². The van der Waals surface area contributed by atoms with Gasteiger partial charge in [-0.2, -0.15) is 4.73 Å². The van der Waals surface area contributed by atoms with Crippen molar-refractivity contribution in [2.45, 2.75) is 25.2 Å². The number of aliphatic hydroxyl groups excluding tert-OH is 1. The van der Waals surface area contributed by atoms with Gasteiger partial charge in [0.2, 0.25) is 5.78 Å². The fourth-order valence-electron chi connectivity index (χ4n) is 4.22. The molecule has 1 fully saturated rings. The van der Waals surface area contributed by atoms with Gasteiger partial charge >= 0.3 is 0 Å². The third-order valence-electron chi connectivity index (χ3n) is 6.20. The minimum Gasteiger partial charge on any atom is -0.485 e. The van der Waals surface area contributed by atoms with E-state index in [0.29, 0.717) is 29.5 Å². The van der Waals surface area contributed by atoms with Gasteiger partial charge in [0.15, 0.2) is 6.61 Å². The Morgan fingerprint density at radius 1 is 1.06 bits per heavy atom. The van der Waals surface area contributed by atoms with Crippen LogP contribution in [0, 0.1) is 0 Å². The van der Waals surface area contributed by atoms with Crippen LogP contribution >= 0.6 is 11.6 Å². The SMILES string of the molecule is NC(=O)c1cc2cc(Cl)ccc2cc1OCC(=O)c1cn(OCCCO)c2cc(C3CC3)ccc12. The van der Waals surface area contributed by atoms with Crippen molar-refractivity contribution in [1.29, 1.82) is 0 Å². The Morgan fingerprint density at radius 3 is 2.63 bits per heavy atom. The van der Waals surface area contributed by atoms with Gasteiger partial charge in [-0.15, -0.1) is 0 Å². The lowest BCUT2D eigenvalue weighted by molar-refractivity contribution is 0.0902. The van der Waals surface area contributed by atoms with Gasteiger partial charge in [0.05, 0.1) is 22.8 Å². The number of hydrogen-bond acceptors (Lipinski definition) is 5. The summed E-state index contributed by atoms with van der Waals surface area (Å²) < 4.78 is 7.41. The lowest BCUT2D eigenvalue weighted by Crippen LogP contribution is -2.17. The molecule has 1 aliphatic rings. The summed E-state index contributed by atoms with van der Waals surface area (Å²) in [5.74, 6) is -0.126. The van der Waals surface area contributed by atoms with Gasteiger partial charge < -0.3 is 20.4 Å². The molecule has 35 heavy (non-hydrogen) atoms. The molecule has 5 rings (SSSR count). The number of hydrogen-bond donors (Lipinski definition) is 2. The number of primary amides is 1. The van der Waals surface area contributed by atoms with Crippen molar-refractivity contribution in [3.8, 4) is 5.75 Å². The fraction of sp³-hybridized carbons (Fsp3) is 0.259. The molecular formula is C27H25ClN2O5. The Bertz CT molecular complexity index is 1440. The van der Waals surface area contributed by atoms with Crippen molar-refractivity contribution in [3.63, 3.8) is 0 Å². The summed E-state index contributed by atoms with van der Waals surface area (Å²) in [7, 11) is 0. The number of rotatable bonds is 10. The second-order valence-corrected chi connectivity index (χ2v) is 9.18. The van der Waals surface area contributed by atoms with Crippen LogP contribution in [0.4, 0.5) is 0 Å². The molecule has 0 saturated heterocycles. The van der Waals surface area contributed by atoms with E-state index in [-0.39, 0.29) is 30.3 Å². The van der Waals surface area contributed by atoms with E-state index in [1.165, 1.54) is 5.56 Å². The van der Waals surface area contributed by atoms with Gasteiger partial charge in [-0.25, -0.2) is 0 Å². The van der Waals surface area contributed by atoms with Crippen LogP contribution in [0.2, 0.25) is 5.02 Å². The first-order valence-electron chi connectivity index (χ1n) is 11.5. The maximum atomic E-state index is 13.2. The number of aromatic nitrogens is 1. The second-order valence-electron chi connectivity index (χ2n) is 8.75. The Hall–Kier alpha value is -3.55. The lowest BCUT2D eigenvalue weighted by atomic mass is 10.0. The highest BCUT2D eigenvalue weighted by Crippen LogP contribution is 2.41. The minimum atomic E-state index is -0.657. The van der Waals surface area contributed by atoms with E-state index in [9.17, 15) is 9.59 Å². The van der Waals surface area contributed by atoms with Crippen LogP contribution in [-0.4, -0.2) is 41.3 Å². The van der Waals surface area contributed by atoms with Crippen molar-refractivity contribution in [1.82, 2.24) is 4.73 Å². The zero-order valence-electron chi connectivity index (χ0n) is 19.0. The predicted molar refractivity (Wildman–Crippen MR) is 134 cm³/mol. The summed E-state index contributed by atoms with van der Waals surface area (Å²) >= 11 is 6.06. The summed E-state index contributed by atoms with van der Waals surface area (Å²) in [6, 6.07) is 14.6. The average Bonchev–Trinajstić information content (AvgIpc) is 3.64. The molecule has 0 radical (unpaired) electrons. The molecule has 0 spiro atoms. The zero-order chi connectivity index (χ0) is 24.5. The van der Waals surface area contributed by atoms with Gasteiger partial charge in [0.25, 0.3) is 5.91 Å². The lowest BCUT2D eigenvalue weighted by Gasteiger charge is -2.11. The van der Waals surface area contributed by atoms with Gasteiger partial charge in [0.1, 0.15) is 12.4 Å². The molecule has 180 valence electrons. The number of nitrogens with zero attached hydrogens (tertiary/aromatic N) is 1. The maximum absolute atomic E-state index is 13.2. The third kappa shape index (κ3) is 4.83. The molecule has 3 aromatic carbocycles. The van der Waals surface area contributed by atoms with Crippen LogP contribution in [0.25, 0.3) is 21.7 Å². The van der Waals surface area contributed by atoms with Gasteiger partial charge in [-0.3, -0.25) is 9.59 Å². The highest BCUT2D eigenvalue weighted by molar-refractivity contribution is 6.31. The average molecular weight is 493 g/mol. The Balaban J connectivity index is 1.43. The molecule has 1 aliphatic carbocycles. The molecule has 0 bridgehead atoms. The molecule has 3 N–H and O–H groups in total. The number of carbonyl (C=O) groups excluding carboxylic acids is 2. The summed E-state index contributed by atoms with van der Waals surface area (Å²) in [5, 5.41) is 12.0. The molecule has 1 amide bonds. The topological polar surface area (TPSA) is 104 Å². The number of carbonyl (C=O) groups is 2. The van der Waals surface area contributed by atoms with Crippen LogP contribution in [-0.2, 0) is 0 Å². The highest BCUT2D eigenvalue weighted by atomic mass is 35.5. The van der Waals surface area contributed by atoms with Crippen LogP contribution in [0.1, 0.15) is 51.5 Å². The number of amides is 1. The van der Waals surface area contributed by atoms with Crippen LogP contribution in [0.5, 0.6) is 5.75 Å². The van der Waals surface area contributed by atoms with Crippen LogP contribution in [0.15, 0.2) is 54.7 Å². The molecule has 0 aliphatic heterocycles. The molecule has 1 aromatic heterocycles. The molecule has 7 nitrogen and oxygen atoms in total. The Labute approximate surface area is 206 Å². The van der Waals surface area contributed by atoms with Crippen molar-refractivity contribution >= 4 is 45.0 Å². The summed E-state index contributed by atoms with van der Waals surface area (Å²) in [5.41, 5.74) is 8.23. The molecule has 1 heterocycles. The summed E-state index contributed by atoms with van der Waals surface area (Å²) in [6.07, 6.45) is 4.47. The van der Waals surface area contributed by atoms with E-state index < -0.39 is 5.91 Å². The molecule has 1 saturated carbocycles. The largest absolute Gasteiger partial charge is 0.485 e. The zero-order valence-corrected chi connectivity index (χ0v) is 19.8.